The number of piperazine rings is 1. The van der Waals surface area contributed by atoms with E-state index in [1.54, 1.807) is 48.9 Å². The number of para-hydroxylation sites is 1. The first kappa shape index (κ1) is 42.1. The first-order valence-electron chi connectivity index (χ1n) is 20.6. The number of carboxylic acid groups (broad SMARTS) is 1. The largest absolute Gasteiger partial charge is 0.496 e. The molecule has 6 heterocycles. The van der Waals surface area contributed by atoms with Crippen LogP contribution in [-0.2, 0) is 17.8 Å². The number of thiophene rings is 1. The van der Waals surface area contributed by atoms with Gasteiger partial charge in [-0.15, -0.1) is 11.3 Å². The number of hydrogen-bond donors (Lipinski definition) is 1. The predicted molar refractivity (Wildman–Crippen MR) is 239 cm³/mol. The zero-order valence-corrected chi connectivity index (χ0v) is 37.1. The summed E-state index contributed by atoms with van der Waals surface area (Å²) >= 11 is 16.2. The van der Waals surface area contributed by atoms with Crippen LogP contribution in [0.1, 0.15) is 46.0 Å². The number of aromatic nitrogens is 4. The molecule has 2 fully saturated rings. The van der Waals surface area contributed by atoms with Gasteiger partial charge in [0, 0.05) is 61.3 Å². The van der Waals surface area contributed by atoms with Gasteiger partial charge in [0.1, 0.15) is 47.7 Å². The molecule has 1 aliphatic carbocycles. The molecule has 62 heavy (non-hydrogen) atoms. The summed E-state index contributed by atoms with van der Waals surface area (Å²) < 4.78 is 31.8. The van der Waals surface area contributed by atoms with E-state index in [-0.39, 0.29) is 25.5 Å². The van der Waals surface area contributed by atoms with E-state index in [1.165, 1.54) is 6.33 Å². The summed E-state index contributed by atoms with van der Waals surface area (Å²) in [4.78, 5) is 38.2. The molecule has 1 N–H and O–H groups in total. The molecule has 6 aromatic rings. The van der Waals surface area contributed by atoms with Gasteiger partial charge in [0.05, 0.1) is 33.8 Å². The van der Waals surface area contributed by atoms with Crippen molar-refractivity contribution in [1.29, 1.82) is 0 Å². The van der Waals surface area contributed by atoms with Crippen LogP contribution in [0.15, 0.2) is 61.1 Å². The smallest absolute Gasteiger partial charge is 0.345 e. The molecule has 1 saturated carbocycles. The lowest BCUT2D eigenvalue weighted by Gasteiger charge is -2.35. The molecule has 4 aliphatic rings. The second kappa shape index (κ2) is 17.9. The predicted octanol–water partition coefficient (Wildman–Crippen LogP) is 8.67. The zero-order valence-electron chi connectivity index (χ0n) is 34.8. The quantitative estimate of drug-likeness (QED) is 0.148. The molecule has 13 nitrogen and oxygen atoms in total. The molecule has 0 radical (unpaired) electrons. The van der Waals surface area contributed by atoms with Crippen molar-refractivity contribution in [1.82, 2.24) is 29.7 Å². The number of carbonyl (C=O) groups is 1. The lowest BCUT2D eigenvalue weighted by molar-refractivity contribution is -0.145. The van der Waals surface area contributed by atoms with Gasteiger partial charge in [-0.3, -0.25) is 4.90 Å². The number of hydrogen-bond acceptors (Lipinski definition) is 13. The number of carboxylic acids is 1. The molecule has 4 bridgehead atoms. The highest BCUT2D eigenvalue weighted by molar-refractivity contribution is 7.19. The minimum Gasteiger partial charge on any atom is -0.496 e. The van der Waals surface area contributed by atoms with Crippen molar-refractivity contribution in [3.63, 3.8) is 0 Å². The summed E-state index contributed by atoms with van der Waals surface area (Å²) in [5, 5.41) is 12.2. The minimum absolute atomic E-state index is 0.0730. The Morgan fingerprint density at radius 2 is 1.73 bits per heavy atom. The number of nitrogens with zero attached hydrogens (tertiary/aromatic N) is 6. The van der Waals surface area contributed by atoms with Gasteiger partial charge >= 0.3 is 5.97 Å². The topological polar surface area (TPSA) is 141 Å². The monoisotopic (exact) mass is 896 g/mol. The summed E-state index contributed by atoms with van der Waals surface area (Å²) in [7, 11) is 3.73. The number of benzene rings is 3. The fourth-order valence-electron chi connectivity index (χ4n) is 8.16. The van der Waals surface area contributed by atoms with E-state index < -0.39 is 18.2 Å². The van der Waals surface area contributed by atoms with Crippen molar-refractivity contribution in [2.24, 2.45) is 0 Å². The van der Waals surface area contributed by atoms with E-state index in [4.69, 9.17) is 51.9 Å². The molecule has 0 unspecified atom stereocenters. The highest BCUT2D eigenvalue weighted by atomic mass is 35.5. The van der Waals surface area contributed by atoms with Crippen LogP contribution in [0.5, 0.6) is 28.9 Å². The lowest BCUT2D eigenvalue weighted by Crippen LogP contribution is -2.49. The summed E-state index contributed by atoms with van der Waals surface area (Å²) in [6.07, 6.45) is 3.20. The highest BCUT2D eigenvalue weighted by Crippen LogP contribution is 2.56. The minimum atomic E-state index is -1.38. The Balaban J connectivity index is 1.13. The molecule has 2 atom stereocenters. The second-order valence-electron chi connectivity index (χ2n) is 16.0. The van der Waals surface area contributed by atoms with E-state index in [0.717, 1.165) is 71.7 Å². The Kier molecular flexibility index (Phi) is 12.1. The van der Waals surface area contributed by atoms with Crippen LogP contribution < -0.4 is 23.7 Å². The number of halogens is 2. The van der Waals surface area contributed by atoms with Crippen LogP contribution >= 0.6 is 34.5 Å². The van der Waals surface area contributed by atoms with Crippen molar-refractivity contribution in [2.75, 3.05) is 53.5 Å². The third-order valence-corrected chi connectivity index (χ3v) is 13.8. The van der Waals surface area contributed by atoms with Gasteiger partial charge in [0.25, 0.3) is 0 Å². The first-order chi connectivity index (χ1) is 30.1. The van der Waals surface area contributed by atoms with Crippen LogP contribution in [0.3, 0.4) is 0 Å². The molecule has 1 saturated heterocycles. The third-order valence-electron chi connectivity index (χ3n) is 11.7. The fourth-order valence-corrected chi connectivity index (χ4v) is 9.98. The summed E-state index contributed by atoms with van der Waals surface area (Å²) in [5.41, 5.74) is 5.17. The summed E-state index contributed by atoms with van der Waals surface area (Å²) in [6.45, 7) is 8.33. The molecule has 3 aromatic carbocycles. The van der Waals surface area contributed by atoms with Crippen molar-refractivity contribution in [2.45, 2.75) is 57.8 Å². The Hall–Kier alpha value is -5.25. The number of rotatable bonds is 9. The van der Waals surface area contributed by atoms with E-state index in [1.807, 2.05) is 38.1 Å². The van der Waals surface area contributed by atoms with Crippen LogP contribution in [0.4, 0.5) is 0 Å². The molecular weight excluding hydrogens is 852 g/mol. The summed E-state index contributed by atoms with van der Waals surface area (Å²) in [5.74, 6) is 1.75. The van der Waals surface area contributed by atoms with Crippen LogP contribution in [0.2, 0.25) is 10.0 Å². The average Bonchev–Trinajstić information content (AvgIpc) is 4.06. The molecule has 322 valence electrons. The van der Waals surface area contributed by atoms with Gasteiger partial charge in [-0.25, -0.2) is 24.7 Å². The van der Waals surface area contributed by atoms with Gasteiger partial charge in [0.2, 0.25) is 12.0 Å². The molecule has 16 heteroatoms. The van der Waals surface area contributed by atoms with Gasteiger partial charge in [0.15, 0.2) is 11.6 Å². The number of likely N-dealkylation sites (N-methyl/N-ethyl adjacent to an activating group) is 1. The van der Waals surface area contributed by atoms with Crippen LogP contribution in [0, 0.1) is 13.8 Å². The Labute approximate surface area is 373 Å². The molecule has 3 aromatic heterocycles. The van der Waals surface area contributed by atoms with Crippen molar-refractivity contribution in [3.05, 3.63) is 98.4 Å². The van der Waals surface area contributed by atoms with Crippen molar-refractivity contribution >= 4 is 50.7 Å². The van der Waals surface area contributed by atoms with Crippen molar-refractivity contribution < 1.29 is 33.6 Å². The maximum atomic E-state index is 13.2. The fraction of sp³-hybridized carbons (Fsp3) is 0.370. The highest BCUT2D eigenvalue weighted by Gasteiger charge is 2.36. The molecular formula is C46H46Cl2N6O7S. The standard InChI is InChI=1S/C46H46Cl2N6O7S/c1-25-36-26(2)40(48)41(39(25)47)60-31(21-54-17-15-53(3)16-18-54)23-58-30-11-12-33(59-22-29-13-14-49-43(52-29)32-7-5-6-8-34(32)57-4)28(19-30)20-35(46(55)56)61-44-38-37(36)42(27-9-10-27)62-45(38)51-24-50-44/h5-8,11-14,19,24,27,31,35H,9-10,15-18,20-23H2,1-4H3,(H,55,56)/t31-,35-/m1/s1. The number of fused-ring (bicyclic) bond motifs is 7. The van der Waals surface area contributed by atoms with Crippen LogP contribution in [-0.4, -0.2) is 107 Å². The Morgan fingerprint density at radius 1 is 0.952 bits per heavy atom. The van der Waals surface area contributed by atoms with Crippen molar-refractivity contribution in [3.8, 4) is 51.4 Å². The number of ether oxygens (including phenoxy) is 5. The molecule has 3 aliphatic heterocycles. The average molecular weight is 898 g/mol. The lowest BCUT2D eigenvalue weighted by atomic mass is 9.92. The summed E-state index contributed by atoms with van der Waals surface area (Å²) in [6, 6.07) is 14.7. The second-order valence-corrected chi connectivity index (χ2v) is 17.8. The Morgan fingerprint density at radius 3 is 2.47 bits per heavy atom. The number of methoxy groups -OCH3 is 1. The molecule has 0 amide bonds. The SMILES string of the molecule is COc1ccccc1-c1nccc(COc2ccc3cc2C[C@H](C(=O)O)Oc2ncnc4sc(C5CC5)c(c24)-c2c(C)c(Cl)c(c(Cl)c2C)O[C@H](CN2CCN(C)CC2)CO3)n1. The van der Waals surface area contributed by atoms with E-state index >= 15 is 0 Å². The maximum Gasteiger partial charge on any atom is 0.345 e. The van der Waals surface area contributed by atoms with Gasteiger partial charge < -0.3 is 33.7 Å². The van der Waals surface area contributed by atoms with Gasteiger partial charge in [-0.1, -0.05) is 35.3 Å². The third kappa shape index (κ3) is 8.58. The van der Waals surface area contributed by atoms with Gasteiger partial charge in [-0.05, 0) is 92.7 Å². The molecule has 10 rings (SSSR count). The Bertz CT molecular complexity index is 2620. The first-order valence-corrected chi connectivity index (χ1v) is 22.2. The van der Waals surface area contributed by atoms with E-state index in [0.29, 0.717) is 72.8 Å². The van der Waals surface area contributed by atoms with E-state index in [2.05, 4.69) is 31.8 Å². The molecule has 0 spiro atoms. The van der Waals surface area contributed by atoms with E-state index in [9.17, 15) is 9.90 Å². The number of aliphatic carboxylic acids is 1. The normalized spacial score (nSPS) is 18.4. The van der Waals surface area contributed by atoms with Crippen LogP contribution in [0.25, 0.3) is 32.7 Å². The zero-order chi connectivity index (χ0) is 43.1. The maximum absolute atomic E-state index is 13.2. The van der Waals surface area contributed by atoms with Gasteiger partial charge in [-0.2, -0.15) is 0 Å².